The first-order valence-electron chi connectivity index (χ1n) is 5.56. The van der Waals surface area contributed by atoms with Crippen molar-refractivity contribution in [3.05, 3.63) is 0 Å². The molecule has 2 fully saturated rings. The predicted octanol–water partition coefficient (Wildman–Crippen LogP) is -0.233. The smallest absolute Gasteiger partial charge is 0.316 e. The summed E-state index contributed by atoms with van der Waals surface area (Å²) in [5.41, 5.74) is 0. The van der Waals surface area contributed by atoms with E-state index >= 15 is 0 Å². The Balaban J connectivity index is 1.88. The topological polar surface area (TPSA) is 69.6 Å². The number of carboxylic acid groups (broad SMARTS) is 1. The van der Waals surface area contributed by atoms with Gasteiger partial charge in [-0.05, 0) is 12.8 Å². The van der Waals surface area contributed by atoms with E-state index in [1.54, 1.807) is 0 Å². The fraction of sp³-hybridized carbons (Fsp3) is 0.800. The van der Waals surface area contributed by atoms with E-state index in [0.29, 0.717) is 12.8 Å². The van der Waals surface area contributed by atoms with Crippen molar-refractivity contribution in [2.75, 3.05) is 26.2 Å². The molecule has 2 atom stereocenters. The van der Waals surface area contributed by atoms with Crippen molar-refractivity contribution < 1.29 is 14.7 Å². The van der Waals surface area contributed by atoms with Crippen molar-refractivity contribution in [3.8, 4) is 0 Å². The zero-order valence-corrected chi connectivity index (χ0v) is 9.83. The van der Waals surface area contributed by atoms with E-state index in [1.165, 1.54) is 11.8 Å². The molecule has 0 aromatic carbocycles. The third-order valence-corrected chi connectivity index (χ3v) is 4.53. The summed E-state index contributed by atoms with van der Waals surface area (Å²) in [6, 6.07) is 0. The number of nitrogens with zero attached hydrogens (tertiary/aromatic N) is 1. The number of carboxylic acids is 1. The number of carbonyl (C=O) groups excluding carboxylic acids is 1. The fourth-order valence-electron chi connectivity index (χ4n) is 2.09. The molecule has 0 aromatic rings. The second kappa shape index (κ2) is 5.05. The van der Waals surface area contributed by atoms with Crippen LogP contribution < -0.4 is 5.32 Å². The number of aliphatic carboxylic acids is 1. The quantitative estimate of drug-likeness (QED) is 0.702. The van der Waals surface area contributed by atoms with E-state index in [9.17, 15) is 9.59 Å². The lowest BCUT2D eigenvalue weighted by molar-refractivity contribution is -0.136. The lowest BCUT2D eigenvalue weighted by Gasteiger charge is -2.29. The van der Waals surface area contributed by atoms with Crippen molar-refractivity contribution >= 4 is 23.6 Å². The van der Waals surface area contributed by atoms with Gasteiger partial charge < -0.3 is 15.3 Å². The third kappa shape index (κ3) is 2.49. The van der Waals surface area contributed by atoms with Crippen LogP contribution in [0.3, 0.4) is 0 Å². The molecule has 16 heavy (non-hydrogen) atoms. The van der Waals surface area contributed by atoms with E-state index in [1.807, 2.05) is 4.90 Å². The Kier molecular flexibility index (Phi) is 3.70. The second-order valence-corrected chi connectivity index (χ2v) is 5.51. The van der Waals surface area contributed by atoms with Gasteiger partial charge in [-0.3, -0.25) is 9.59 Å². The molecule has 2 aliphatic heterocycles. The summed E-state index contributed by atoms with van der Waals surface area (Å²) in [6.07, 6.45) is 1.31. The van der Waals surface area contributed by atoms with Crippen LogP contribution in [0.5, 0.6) is 0 Å². The van der Waals surface area contributed by atoms with Gasteiger partial charge in [0.05, 0.1) is 5.25 Å². The molecule has 0 unspecified atom stereocenters. The Morgan fingerprint density at radius 3 is 2.38 bits per heavy atom. The Morgan fingerprint density at radius 2 is 1.81 bits per heavy atom. The Labute approximate surface area is 98.6 Å². The molecule has 2 saturated heterocycles. The van der Waals surface area contributed by atoms with E-state index in [-0.39, 0.29) is 11.2 Å². The SMILES string of the molecule is O=C(O)[C@H]1CC[C@H](C(=O)N2CCNCC2)S1. The molecule has 2 N–H and O–H groups in total. The molecular weight excluding hydrogens is 228 g/mol. The van der Waals surface area contributed by atoms with Crippen molar-refractivity contribution in [1.82, 2.24) is 10.2 Å². The minimum Gasteiger partial charge on any atom is -0.480 e. The molecule has 0 aliphatic carbocycles. The standard InChI is InChI=1S/C10H16N2O3S/c13-9(12-5-3-11-4-6-12)7-1-2-8(16-7)10(14)15/h7-8,11H,1-6H2,(H,14,15)/t7-,8-/m1/s1. The molecule has 2 heterocycles. The summed E-state index contributed by atoms with van der Waals surface area (Å²) in [5.74, 6) is -0.670. The first-order valence-corrected chi connectivity index (χ1v) is 6.50. The van der Waals surface area contributed by atoms with Gasteiger partial charge in [0.1, 0.15) is 5.25 Å². The maximum atomic E-state index is 12.1. The van der Waals surface area contributed by atoms with Crippen LogP contribution in [-0.2, 0) is 9.59 Å². The molecule has 6 heteroatoms. The van der Waals surface area contributed by atoms with Crippen LogP contribution >= 0.6 is 11.8 Å². The molecule has 0 aromatic heterocycles. The Hall–Kier alpha value is -0.750. The maximum absolute atomic E-state index is 12.1. The van der Waals surface area contributed by atoms with Gasteiger partial charge in [0.2, 0.25) is 5.91 Å². The molecule has 5 nitrogen and oxygen atoms in total. The summed E-state index contributed by atoms with van der Waals surface area (Å²) in [5, 5.41) is 11.5. The zero-order valence-electron chi connectivity index (χ0n) is 9.02. The Morgan fingerprint density at radius 1 is 1.19 bits per heavy atom. The molecule has 0 spiro atoms. The van der Waals surface area contributed by atoms with Gasteiger partial charge in [0, 0.05) is 26.2 Å². The number of amides is 1. The highest BCUT2D eigenvalue weighted by Gasteiger charge is 2.36. The Bertz CT molecular complexity index is 292. The van der Waals surface area contributed by atoms with Gasteiger partial charge in [0.25, 0.3) is 0 Å². The third-order valence-electron chi connectivity index (χ3n) is 3.00. The fourth-order valence-corrected chi connectivity index (χ4v) is 3.41. The molecule has 1 amide bonds. The predicted molar refractivity (Wildman–Crippen MR) is 61.5 cm³/mol. The van der Waals surface area contributed by atoms with Crippen LogP contribution in [0.25, 0.3) is 0 Å². The molecule has 2 aliphatic rings. The first-order chi connectivity index (χ1) is 7.68. The highest BCUT2D eigenvalue weighted by atomic mass is 32.2. The van der Waals surface area contributed by atoms with E-state index in [0.717, 1.165) is 26.2 Å². The van der Waals surface area contributed by atoms with E-state index in [4.69, 9.17) is 5.11 Å². The molecule has 2 rings (SSSR count). The van der Waals surface area contributed by atoms with Crippen LogP contribution in [0.15, 0.2) is 0 Å². The maximum Gasteiger partial charge on any atom is 0.316 e. The van der Waals surface area contributed by atoms with Crippen molar-refractivity contribution in [1.29, 1.82) is 0 Å². The molecule has 0 radical (unpaired) electrons. The van der Waals surface area contributed by atoms with Gasteiger partial charge in [0.15, 0.2) is 0 Å². The summed E-state index contributed by atoms with van der Waals surface area (Å²) < 4.78 is 0. The van der Waals surface area contributed by atoms with Crippen molar-refractivity contribution in [2.45, 2.75) is 23.3 Å². The monoisotopic (exact) mass is 244 g/mol. The van der Waals surface area contributed by atoms with E-state index in [2.05, 4.69) is 5.32 Å². The van der Waals surface area contributed by atoms with Crippen LogP contribution in [-0.4, -0.2) is 58.6 Å². The van der Waals surface area contributed by atoms with Gasteiger partial charge in [-0.15, -0.1) is 11.8 Å². The normalized spacial score (nSPS) is 30.4. The average molecular weight is 244 g/mol. The van der Waals surface area contributed by atoms with Gasteiger partial charge in [-0.2, -0.15) is 0 Å². The summed E-state index contributed by atoms with van der Waals surface area (Å²) in [4.78, 5) is 24.7. The number of nitrogens with one attached hydrogen (secondary N) is 1. The number of thioether (sulfide) groups is 1. The zero-order chi connectivity index (χ0) is 11.5. The van der Waals surface area contributed by atoms with Crippen molar-refractivity contribution in [3.63, 3.8) is 0 Å². The molecule has 0 saturated carbocycles. The van der Waals surface area contributed by atoms with Crippen molar-refractivity contribution in [2.24, 2.45) is 0 Å². The lowest BCUT2D eigenvalue weighted by atomic mass is 10.1. The van der Waals surface area contributed by atoms with Crippen LogP contribution in [0.2, 0.25) is 0 Å². The number of rotatable bonds is 2. The van der Waals surface area contributed by atoms with Crippen LogP contribution in [0, 0.1) is 0 Å². The minimum atomic E-state index is -0.791. The largest absolute Gasteiger partial charge is 0.480 e. The number of hydrogen-bond acceptors (Lipinski definition) is 4. The molecular formula is C10H16N2O3S. The second-order valence-electron chi connectivity index (χ2n) is 4.10. The van der Waals surface area contributed by atoms with Gasteiger partial charge >= 0.3 is 5.97 Å². The molecule has 90 valence electrons. The number of piperazine rings is 1. The van der Waals surface area contributed by atoms with Gasteiger partial charge in [-0.1, -0.05) is 0 Å². The summed E-state index contributed by atoms with van der Waals surface area (Å²) in [7, 11) is 0. The summed E-state index contributed by atoms with van der Waals surface area (Å²) >= 11 is 1.31. The number of hydrogen-bond donors (Lipinski definition) is 2. The minimum absolute atomic E-state index is 0.121. The average Bonchev–Trinajstić information content (AvgIpc) is 2.78. The summed E-state index contributed by atoms with van der Waals surface area (Å²) in [6.45, 7) is 3.16. The number of carbonyl (C=O) groups is 2. The van der Waals surface area contributed by atoms with Crippen LogP contribution in [0.4, 0.5) is 0 Å². The van der Waals surface area contributed by atoms with E-state index < -0.39 is 11.2 Å². The van der Waals surface area contributed by atoms with Gasteiger partial charge in [-0.25, -0.2) is 0 Å². The molecule has 0 bridgehead atoms. The highest BCUT2D eigenvalue weighted by molar-refractivity contribution is 8.02. The highest BCUT2D eigenvalue weighted by Crippen LogP contribution is 2.34. The lowest BCUT2D eigenvalue weighted by Crippen LogP contribution is -2.48. The first kappa shape index (κ1) is 11.7. The van der Waals surface area contributed by atoms with Crippen LogP contribution in [0.1, 0.15) is 12.8 Å².